The summed E-state index contributed by atoms with van der Waals surface area (Å²) in [7, 11) is -3.58. The van der Waals surface area contributed by atoms with Crippen LogP contribution >= 0.6 is 0 Å². The molecular weight excluding hydrogens is 288 g/mol. The SMILES string of the molecule is C=CCNC(=O)c1ccc(C)c(S(=O)(=O)N(CC)CC)c1. The van der Waals surface area contributed by atoms with Gasteiger partial charge in [0.2, 0.25) is 10.0 Å². The molecule has 0 aliphatic heterocycles. The summed E-state index contributed by atoms with van der Waals surface area (Å²) < 4.78 is 26.5. The second-order valence-corrected chi connectivity index (χ2v) is 6.47. The Morgan fingerprint density at radius 2 is 1.95 bits per heavy atom. The molecule has 0 saturated carbocycles. The van der Waals surface area contributed by atoms with Crippen LogP contribution in [0.2, 0.25) is 0 Å². The molecule has 0 unspecified atom stereocenters. The van der Waals surface area contributed by atoms with Crippen molar-refractivity contribution >= 4 is 15.9 Å². The molecule has 0 bridgehead atoms. The second kappa shape index (κ2) is 7.38. The Hall–Kier alpha value is -1.66. The van der Waals surface area contributed by atoms with Crippen LogP contribution in [0.1, 0.15) is 29.8 Å². The van der Waals surface area contributed by atoms with Crippen molar-refractivity contribution in [1.29, 1.82) is 0 Å². The Bertz CT molecular complexity index is 620. The number of hydrogen-bond donors (Lipinski definition) is 1. The Morgan fingerprint density at radius 1 is 1.33 bits per heavy atom. The van der Waals surface area contributed by atoms with Gasteiger partial charge >= 0.3 is 0 Å². The van der Waals surface area contributed by atoms with Crippen molar-refractivity contribution in [3.05, 3.63) is 42.0 Å². The Balaban J connectivity index is 3.25. The van der Waals surface area contributed by atoms with Gasteiger partial charge in [0.1, 0.15) is 0 Å². The average molecular weight is 310 g/mol. The largest absolute Gasteiger partial charge is 0.349 e. The highest BCUT2D eigenvalue weighted by Gasteiger charge is 2.24. The lowest BCUT2D eigenvalue weighted by Crippen LogP contribution is -2.31. The molecule has 1 rings (SSSR count). The minimum Gasteiger partial charge on any atom is -0.349 e. The van der Waals surface area contributed by atoms with Gasteiger partial charge in [0.15, 0.2) is 0 Å². The van der Waals surface area contributed by atoms with Crippen LogP contribution in [-0.4, -0.2) is 38.3 Å². The van der Waals surface area contributed by atoms with E-state index in [1.165, 1.54) is 10.4 Å². The number of aryl methyl sites for hydroxylation is 1. The van der Waals surface area contributed by atoms with E-state index in [9.17, 15) is 13.2 Å². The van der Waals surface area contributed by atoms with E-state index >= 15 is 0 Å². The van der Waals surface area contributed by atoms with Crippen LogP contribution in [0.25, 0.3) is 0 Å². The predicted molar refractivity (Wildman–Crippen MR) is 83.8 cm³/mol. The van der Waals surface area contributed by atoms with Crippen LogP contribution < -0.4 is 5.32 Å². The van der Waals surface area contributed by atoms with Crippen LogP contribution in [0.3, 0.4) is 0 Å². The second-order valence-electron chi connectivity index (χ2n) is 4.57. The third-order valence-corrected chi connectivity index (χ3v) is 5.37. The molecule has 1 aromatic rings. The molecule has 1 N–H and O–H groups in total. The predicted octanol–water partition coefficient (Wildman–Crippen LogP) is 1.94. The molecule has 0 atom stereocenters. The number of rotatable bonds is 7. The number of carbonyl (C=O) groups excluding carboxylic acids is 1. The van der Waals surface area contributed by atoms with E-state index in [0.717, 1.165) is 0 Å². The molecule has 1 aromatic carbocycles. The highest BCUT2D eigenvalue weighted by Crippen LogP contribution is 2.21. The van der Waals surface area contributed by atoms with Crippen molar-refractivity contribution in [3.8, 4) is 0 Å². The Labute approximate surface area is 126 Å². The van der Waals surface area contributed by atoms with E-state index < -0.39 is 10.0 Å². The smallest absolute Gasteiger partial charge is 0.251 e. The maximum absolute atomic E-state index is 12.6. The van der Waals surface area contributed by atoms with Gasteiger partial charge in [-0.25, -0.2) is 8.42 Å². The molecule has 6 heteroatoms. The lowest BCUT2D eigenvalue weighted by molar-refractivity contribution is 0.0958. The Morgan fingerprint density at radius 3 is 2.48 bits per heavy atom. The maximum Gasteiger partial charge on any atom is 0.251 e. The normalized spacial score (nSPS) is 11.4. The standard InChI is InChI=1S/C15H22N2O3S/c1-5-10-16-15(18)13-9-8-12(4)14(11-13)21(19,20)17(6-2)7-3/h5,8-9,11H,1,6-7,10H2,2-4H3,(H,16,18). The summed E-state index contributed by atoms with van der Waals surface area (Å²) >= 11 is 0. The lowest BCUT2D eigenvalue weighted by atomic mass is 10.1. The highest BCUT2D eigenvalue weighted by atomic mass is 32.2. The summed E-state index contributed by atoms with van der Waals surface area (Å²) in [5.41, 5.74) is 0.954. The van der Waals surface area contributed by atoms with Gasteiger partial charge in [0, 0.05) is 25.2 Å². The fraction of sp³-hybridized carbons (Fsp3) is 0.400. The van der Waals surface area contributed by atoms with Crippen molar-refractivity contribution < 1.29 is 13.2 Å². The number of benzene rings is 1. The summed E-state index contributed by atoms with van der Waals surface area (Å²) in [5, 5.41) is 2.64. The zero-order chi connectivity index (χ0) is 16.0. The lowest BCUT2D eigenvalue weighted by Gasteiger charge is -2.20. The topological polar surface area (TPSA) is 66.5 Å². The quantitative estimate of drug-likeness (QED) is 0.783. The molecule has 5 nitrogen and oxygen atoms in total. The summed E-state index contributed by atoms with van der Waals surface area (Å²) in [5.74, 6) is -0.314. The van der Waals surface area contributed by atoms with E-state index in [1.807, 2.05) is 0 Å². The van der Waals surface area contributed by atoms with Crippen LogP contribution in [-0.2, 0) is 10.0 Å². The molecule has 0 aliphatic carbocycles. The van der Waals surface area contributed by atoms with Gasteiger partial charge in [-0.1, -0.05) is 26.0 Å². The summed E-state index contributed by atoms with van der Waals surface area (Å²) in [6, 6.07) is 4.70. The molecule has 0 heterocycles. The number of hydrogen-bond acceptors (Lipinski definition) is 3. The minimum atomic E-state index is -3.58. The first-order valence-corrected chi connectivity index (χ1v) is 8.32. The van der Waals surface area contributed by atoms with E-state index in [2.05, 4.69) is 11.9 Å². The molecule has 0 aliphatic rings. The highest BCUT2D eigenvalue weighted by molar-refractivity contribution is 7.89. The van der Waals surface area contributed by atoms with Crippen LogP contribution in [0, 0.1) is 6.92 Å². The first-order chi connectivity index (χ1) is 9.88. The van der Waals surface area contributed by atoms with Crippen molar-refractivity contribution in [2.45, 2.75) is 25.7 Å². The van der Waals surface area contributed by atoms with Crippen LogP contribution in [0.15, 0.2) is 35.7 Å². The van der Waals surface area contributed by atoms with Gasteiger partial charge in [-0.15, -0.1) is 6.58 Å². The summed E-state index contributed by atoms with van der Waals surface area (Å²) in [4.78, 5) is 12.1. The zero-order valence-corrected chi connectivity index (χ0v) is 13.5. The molecule has 116 valence electrons. The zero-order valence-electron chi connectivity index (χ0n) is 12.7. The summed E-state index contributed by atoms with van der Waals surface area (Å²) in [6.07, 6.45) is 1.57. The number of sulfonamides is 1. The number of nitrogens with zero attached hydrogens (tertiary/aromatic N) is 1. The van der Waals surface area contributed by atoms with Crippen molar-refractivity contribution in [3.63, 3.8) is 0 Å². The van der Waals surface area contributed by atoms with Gasteiger partial charge in [-0.05, 0) is 24.6 Å². The third-order valence-electron chi connectivity index (χ3n) is 3.18. The monoisotopic (exact) mass is 310 g/mol. The fourth-order valence-corrected chi connectivity index (χ4v) is 3.70. The molecule has 0 radical (unpaired) electrons. The van der Waals surface area contributed by atoms with E-state index in [1.54, 1.807) is 39.0 Å². The minimum absolute atomic E-state index is 0.178. The van der Waals surface area contributed by atoms with Crippen molar-refractivity contribution in [2.75, 3.05) is 19.6 Å². The van der Waals surface area contributed by atoms with E-state index in [-0.39, 0.29) is 10.8 Å². The third kappa shape index (κ3) is 3.92. The fourth-order valence-electron chi connectivity index (χ4n) is 1.99. The molecule has 0 aromatic heterocycles. The molecule has 0 saturated heterocycles. The summed E-state index contributed by atoms with van der Waals surface area (Å²) in [6.45, 7) is 9.95. The van der Waals surface area contributed by atoms with Gasteiger partial charge in [-0.2, -0.15) is 4.31 Å². The van der Waals surface area contributed by atoms with Gasteiger partial charge in [0.05, 0.1) is 4.90 Å². The number of carbonyl (C=O) groups is 1. The number of amides is 1. The molecule has 1 amide bonds. The van der Waals surface area contributed by atoms with Gasteiger partial charge in [0.25, 0.3) is 5.91 Å². The number of nitrogens with one attached hydrogen (secondary N) is 1. The maximum atomic E-state index is 12.6. The van der Waals surface area contributed by atoms with Crippen molar-refractivity contribution in [1.82, 2.24) is 9.62 Å². The molecule has 21 heavy (non-hydrogen) atoms. The van der Waals surface area contributed by atoms with Crippen LogP contribution in [0.4, 0.5) is 0 Å². The molecule has 0 spiro atoms. The van der Waals surface area contributed by atoms with Crippen molar-refractivity contribution in [2.24, 2.45) is 0 Å². The first kappa shape index (κ1) is 17.4. The van der Waals surface area contributed by atoms with E-state index in [4.69, 9.17) is 0 Å². The average Bonchev–Trinajstić information content (AvgIpc) is 2.46. The van der Waals surface area contributed by atoms with Crippen LogP contribution in [0.5, 0.6) is 0 Å². The van der Waals surface area contributed by atoms with Gasteiger partial charge < -0.3 is 5.32 Å². The Kier molecular flexibility index (Phi) is 6.11. The molecular formula is C15H22N2O3S. The van der Waals surface area contributed by atoms with Gasteiger partial charge in [-0.3, -0.25) is 4.79 Å². The molecule has 0 fully saturated rings. The first-order valence-electron chi connectivity index (χ1n) is 6.88. The van der Waals surface area contributed by atoms with E-state index in [0.29, 0.717) is 30.8 Å².